The number of carboxylic acids is 1. The van der Waals surface area contributed by atoms with Crippen LogP contribution in [-0.2, 0) is 14.3 Å². The lowest BCUT2D eigenvalue weighted by molar-refractivity contribution is -0.197. The molecule has 5 heteroatoms. The Labute approximate surface area is 95.1 Å². The predicted molar refractivity (Wildman–Crippen MR) is 57.1 cm³/mol. The fraction of sp³-hybridized carbons (Fsp3) is 0.909. The van der Waals surface area contributed by atoms with E-state index in [1.54, 1.807) is 0 Å². The predicted octanol–water partition coefficient (Wildman–Crippen LogP) is 0.592. The second kappa shape index (κ2) is 4.69. The van der Waals surface area contributed by atoms with Crippen molar-refractivity contribution in [1.82, 2.24) is 5.32 Å². The minimum absolute atomic E-state index is 0.0425. The van der Waals surface area contributed by atoms with Gasteiger partial charge in [0.25, 0.3) is 0 Å². The van der Waals surface area contributed by atoms with E-state index in [2.05, 4.69) is 5.32 Å². The highest BCUT2D eigenvalue weighted by Gasteiger charge is 2.47. The minimum atomic E-state index is -0.760. The van der Waals surface area contributed by atoms with Gasteiger partial charge in [-0.2, -0.15) is 0 Å². The standard InChI is InChI=1S/C11H19NO4/c1-2-12-9-3-4-11(15-5-6-16-11)7-8(9)10(13)14/h8-9,12H,2-7H2,1H3,(H,13,14)/t8-,9+/m0/s1. The first-order valence-corrected chi connectivity index (χ1v) is 5.91. The summed E-state index contributed by atoms with van der Waals surface area (Å²) in [4.78, 5) is 11.2. The zero-order chi connectivity index (χ0) is 11.6. The van der Waals surface area contributed by atoms with Crippen LogP contribution in [0.4, 0.5) is 0 Å². The summed E-state index contributed by atoms with van der Waals surface area (Å²) in [5.41, 5.74) is 0. The van der Waals surface area contributed by atoms with E-state index in [0.717, 1.165) is 19.4 Å². The molecule has 16 heavy (non-hydrogen) atoms. The van der Waals surface area contributed by atoms with Crippen molar-refractivity contribution in [3.8, 4) is 0 Å². The zero-order valence-electron chi connectivity index (χ0n) is 9.57. The maximum absolute atomic E-state index is 11.2. The summed E-state index contributed by atoms with van der Waals surface area (Å²) in [5, 5.41) is 12.5. The zero-order valence-corrected chi connectivity index (χ0v) is 9.57. The summed E-state index contributed by atoms with van der Waals surface area (Å²) in [5.74, 6) is -1.79. The first-order valence-electron chi connectivity index (χ1n) is 5.91. The molecule has 0 aromatic carbocycles. The maximum atomic E-state index is 11.2. The molecule has 1 saturated heterocycles. The summed E-state index contributed by atoms with van der Waals surface area (Å²) < 4.78 is 11.1. The Morgan fingerprint density at radius 1 is 1.50 bits per heavy atom. The summed E-state index contributed by atoms with van der Waals surface area (Å²) >= 11 is 0. The van der Waals surface area contributed by atoms with Crippen molar-refractivity contribution >= 4 is 5.97 Å². The molecule has 1 saturated carbocycles. The van der Waals surface area contributed by atoms with E-state index in [1.165, 1.54) is 0 Å². The number of aliphatic carboxylic acids is 1. The number of hydrogen-bond donors (Lipinski definition) is 2. The molecule has 0 bridgehead atoms. The third-order valence-electron chi connectivity index (χ3n) is 3.45. The Hall–Kier alpha value is -0.650. The fourth-order valence-corrected chi connectivity index (χ4v) is 2.68. The molecule has 0 amide bonds. The van der Waals surface area contributed by atoms with Crippen LogP contribution in [0.2, 0.25) is 0 Å². The molecule has 0 aromatic heterocycles. The number of ether oxygens (including phenoxy) is 2. The molecule has 2 rings (SSSR count). The quantitative estimate of drug-likeness (QED) is 0.741. The van der Waals surface area contributed by atoms with Crippen LogP contribution >= 0.6 is 0 Å². The molecule has 5 nitrogen and oxygen atoms in total. The molecule has 2 N–H and O–H groups in total. The summed E-state index contributed by atoms with van der Waals surface area (Å²) in [6.07, 6.45) is 2.04. The fourth-order valence-electron chi connectivity index (χ4n) is 2.68. The average molecular weight is 229 g/mol. The lowest BCUT2D eigenvalue weighted by atomic mass is 9.80. The summed E-state index contributed by atoms with van der Waals surface area (Å²) in [6, 6.07) is 0.0425. The Balaban J connectivity index is 2.05. The average Bonchev–Trinajstić information content (AvgIpc) is 2.70. The van der Waals surface area contributed by atoms with Gasteiger partial charge in [0.2, 0.25) is 0 Å². The highest BCUT2D eigenvalue weighted by molar-refractivity contribution is 5.71. The van der Waals surface area contributed by atoms with Crippen LogP contribution in [0.5, 0.6) is 0 Å². The molecule has 1 aliphatic carbocycles. The molecule has 0 aromatic rings. The lowest BCUT2D eigenvalue weighted by Crippen LogP contribution is -2.50. The van der Waals surface area contributed by atoms with Gasteiger partial charge in [-0.05, 0) is 13.0 Å². The Kier molecular flexibility index (Phi) is 3.47. The molecule has 1 aliphatic heterocycles. The van der Waals surface area contributed by atoms with Gasteiger partial charge in [0, 0.05) is 18.9 Å². The molecular formula is C11H19NO4. The molecule has 2 aliphatic rings. The van der Waals surface area contributed by atoms with Gasteiger partial charge in [0.15, 0.2) is 5.79 Å². The molecule has 0 unspecified atom stereocenters. The van der Waals surface area contributed by atoms with Gasteiger partial charge in [-0.25, -0.2) is 0 Å². The number of nitrogens with one attached hydrogen (secondary N) is 1. The van der Waals surface area contributed by atoms with Crippen LogP contribution in [0.15, 0.2) is 0 Å². The van der Waals surface area contributed by atoms with Crippen molar-refractivity contribution in [2.45, 2.75) is 38.0 Å². The highest BCUT2D eigenvalue weighted by atomic mass is 16.7. The molecular weight excluding hydrogens is 210 g/mol. The monoisotopic (exact) mass is 229 g/mol. The third-order valence-corrected chi connectivity index (χ3v) is 3.45. The molecule has 1 spiro atoms. The van der Waals surface area contributed by atoms with Gasteiger partial charge < -0.3 is 19.9 Å². The topological polar surface area (TPSA) is 67.8 Å². The van der Waals surface area contributed by atoms with Crippen LogP contribution in [0.1, 0.15) is 26.2 Å². The molecule has 2 fully saturated rings. The minimum Gasteiger partial charge on any atom is -0.481 e. The van der Waals surface area contributed by atoms with Gasteiger partial charge in [-0.1, -0.05) is 6.92 Å². The van der Waals surface area contributed by atoms with Crippen molar-refractivity contribution in [2.24, 2.45) is 5.92 Å². The van der Waals surface area contributed by atoms with Gasteiger partial charge in [-0.15, -0.1) is 0 Å². The number of carbonyl (C=O) groups is 1. The number of rotatable bonds is 3. The second-order valence-corrected chi connectivity index (χ2v) is 4.46. The highest BCUT2D eigenvalue weighted by Crippen LogP contribution is 2.38. The smallest absolute Gasteiger partial charge is 0.308 e. The van der Waals surface area contributed by atoms with Crippen molar-refractivity contribution in [3.05, 3.63) is 0 Å². The van der Waals surface area contributed by atoms with E-state index in [0.29, 0.717) is 19.6 Å². The van der Waals surface area contributed by atoms with Crippen molar-refractivity contribution in [2.75, 3.05) is 19.8 Å². The van der Waals surface area contributed by atoms with Gasteiger partial charge in [0.05, 0.1) is 19.1 Å². The van der Waals surface area contributed by atoms with Gasteiger partial charge in [0.1, 0.15) is 0 Å². The van der Waals surface area contributed by atoms with Crippen LogP contribution in [0, 0.1) is 5.92 Å². The van der Waals surface area contributed by atoms with Gasteiger partial charge in [-0.3, -0.25) is 4.79 Å². The Bertz CT molecular complexity index is 263. The first kappa shape index (κ1) is 11.8. The molecule has 2 atom stereocenters. The second-order valence-electron chi connectivity index (χ2n) is 4.46. The van der Waals surface area contributed by atoms with E-state index >= 15 is 0 Å². The maximum Gasteiger partial charge on any atom is 0.308 e. The molecule has 1 heterocycles. The van der Waals surface area contributed by atoms with E-state index in [4.69, 9.17) is 9.47 Å². The SMILES string of the molecule is CCN[C@@H]1CCC2(C[C@@H]1C(=O)O)OCCO2. The Morgan fingerprint density at radius 2 is 2.19 bits per heavy atom. The number of carboxylic acid groups (broad SMARTS) is 1. The number of hydrogen-bond acceptors (Lipinski definition) is 4. The Morgan fingerprint density at radius 3 is 2.75 bits per heavy atom. The van der Waals surface area contributed by atoms with Crippen molar-refractivity contribution < 1.29 is 19.4 Å². The lowest BCUT2D eigenvalue weighted by Gasteiger charge is -2.39. The van der Waals surface area contributed by atoms with Crippen molar-refractivity contribution in [3.63, 3.8) is 0 Å². The van der Waals surface area contributed by atoms with Crippen molar-refractivity contribution in [1.29, 1.82) is 0 Å². The normalized spacial score (nSPS) is 33.1. The summed E-state index contributed by atoms with van der Waals surface area (Å²) in [6.45, 7) is 3.95. The summed E-state index contributed by atoms with van der Waals surface area (Å²) in [7, 11) is 0. The third kappa shape index (κ3) is 2.21. The largest absolute Gasteiger partial charge is 0.481 e. The van der Waals surface area contributed by atoms with Crippen LogP contribution in [0.25, 0.3) is 0 Å². The van der Waals surface area contributed by atoms with Crippen LogP contribution in [0.3, 0.4) is 0 Å². The van der Waals surface area contributed by atoms with Crippen LogP contribution in [-0.4, -0.2) is 42.7 Å². The molecule has 92 valence electrons. The van der Waals surface area contributed by atoms with Crippen LogP contribution < -0.4 is 5.32 Å². The molecule has 0 radical (unpaired) electrons. The van der Waals surface area contributed by atoms with E-state index < -0.39 is 17.7 Å². The van der Waals surface area contributed by atoms with E-state index in [-0.39, 0.29) is 6.04 Å². The van der Waals surface area contributed by atoms with E-state index in [9.17, 15) is 9.90 Å². The first-order chi connectivity index (χ1) is 7.67. The van der Waals surface area contributed by atoms with Gasteiger partial charge >= 0.3 is 5.97 Å². The van der Waals surface area contributed by atoms with E-state index in [1.807, 2.05) is 6.92 Å².